The molecule has 0 saturated carbocycles. The van der Waals surface area contributed by atoms with Crippen LogP contribution in [-0.2, 0) is 0 Å². The Morgan fingerprint density at radius 1 is 1.44 bits per heavy atom. The zero-order chi connectivity index (χ0) is 6.85. The molecule has 0 amide bonds. The minimum Gasteiger partial charge on any atom is -0.389 e. The molecule has 50 valence electrons. The fourth-order valence-corrected chi connectivity index (χ4v) is 0.638. The Morgan fingerprint density at radius 3 is 2.56 bits per heavy atom. The van der Waals surface area contributed by atoms with Gasteiger partial charge in [-0.2, -0.15) is 0 Å². The maximum Gasteiger partial charge on any atom is 0.157 e. The summed E-state index contributed by atoms with van der Waals surface area (Å²) < 4.78 is 24.1. The van der Waals surface area contributed by atoms with Crippen LogP contribution in [0.4, 0.5) is 8.78 Å². The maximum absolute atomic E-state index is 12.1. The van der Waals surface area contributed by atoms with Crippen LogP contribution in [0.2, 0.25) is 0 Å². The first-order valence-corrected chi connectivity index (χ1v) is 2.61. The summed E-state index contributed by atoms with van der Waals surface area (Å²) in [6, 6.07) is 0. The summed E-state index contributed by atoms with van der Waals surface area (Å²) in [5, 5.41) is 8.67. The molecule has 0 aromatic carbocycles. The second-order valence-corrected chi connectivity index (χ2v) is 1.87. The summed E-state index contributed by atoms with van der Waals surface area (Å²) in [6.45, 7) is 0. The largest absolute Gasteiger partial charge is 0.389 e. The molecule has 1 atom stereocenters. The van der Waals surface area contributed by atoms with Gasteiger partial charge < -0.3 is 5.11 Å². The van der Waals surface area contributed by atoms with Crippen LogP contribution >= 0.6 is 0 Å². The molecular formula is C6H6F2O. The molecule has 1 aliphatic rings. The molecule has 0 aliphatic heterocycles. The van der Waals surface area contributed by atoms with E-state index in [2.05, 4.69) is 0 Å². The first-order chi connectivity index (χ1) is 4.20. The lowest BCUT2D eigenvalue weighted by Gasteiger charge is -2.06. The lowest BCUT2D eigenvalue weighted by Crippen LogP contribution is -2.04. The third-order valence-electron chi connectivity index (χ3n) is 1.11. The Labute approximate surface area is 51.3 Å². The van der Waals surface area contributed by atoms with Gasteiger partial charge in [-0.1, -0.05) is 0 Å². The summed E-state index contributed by atoms with van der Waals surface area (Å²) in [6.07, 6.45) is 1.19. The first kappa shape index (κ1) is 6.42. The van der Waals surface area contributed by atoms with Gasteiger partial charge in [-0.05, 0) is 18.6 Å². The molecule has 0 radical (unpaired) electrons. The molecule has 0 bridgehead atoms. The van der Waals surface area contributed by atoms with E-state index < -0.39 is 17.8 Å². The van der Waals surface area contributed by atoms with Crippen LogP contribution in [0.15, 0.2) is 23.8 Å². The third kappa shape index (κ3) is 1.36. The minimum atomic E-state index is -0.964. The number of hydrogen-bond donors (Lipinski definition) is 1. The van der Waals surface area contributed by atoms with Crippen molar-refractivity contribution in [3.8, 4) is 0 Å². The van der Waals surface area contributed by atoms with Gasteiger partial charge in [0, 0.05) is 0 Å². The van der Waals surface area contributed by atoms with E-state index in [0.717, 1.165) is 12.2 Å². The molecular weight excluding hydrogens is 126 g/mol. The number of hydrogen-bond acceptors (Lipinski definition) is 1. The molecule has 1 nitrogen and oxygen atoms in total. The van der Waals surface area contributed by atoms with Crippen molar-refractivity contribution in [1.82, 2.24) is 0 Å². The van der Waals surface area contributed by atoms with Crippen molar-refractivity contribution in [2.45, 2.75) is 12.5 Å². The van der Waals surface area contributed by atoms with Gasteiger partial charge in [0.2, 0.25) is 0 Å². The summed E-state index contributed by atoms with van der Waals surface area (Å²) in [7, 11) is 0. The standard InChI is InChI=1S/C6H6F2O/c7-5-2-1-4(9)3-6(5)8/h2-4,9H,1H2. The van der Waals surface area contributed by atoms with E-state index in [-0.39, 0.29) is 6.42 Å². The van der Waals surface area contributed by atoms with Crippen molar-refractivity contribution in [3.05, 3.63) is 23.8 Å². The van der Waals surface area contributed by atoms with Crippen LogP contribution in [0.5, 0.6) is 0 Å². The van der Waals surface area contributed by atoms with Crippen LogP contribution in [0.3, 0.4) is 0 Å². The summed E-state index contributed by atoms with van der Waals surface area (Å²) in [5.74, 6) is -1.84. The molecule has 0 aromatic heterocycles. The van der Waals surface area contributed by atoms with Crippen molar-refractivity contribution >= 4 is 0 Å². The Morgan fingerprint density at radius 2 is 2.11 bits per heavy atom. The normalized spacial score (nSPS) is 27.2. The van der Waals surface area contributed by atoms with E-state index in [0.29, 0.717) is 0 Å². The predicted octanol–water partition coefficient (Wildman–Crippen LogP) is 1.46. The van der Waals surface area contributed by atoms with Crippen molar-refractivity contribution in [1.29, 1.82) is 0 Å². The monoisotopic (exact) mass is 132 g/mol. The summed E-state index contributed by atoms with van der Waals surface area (Å²) >= 11 is 0. The molecule has 0 spiro atoms. The van der Waals surface area contributed by atoms with Gasteiger partial charge in [-0.15, -0.1) is 0 Å². The zero-order valence-corrected chi connectivity index (χ0v) is 4.64. The van der Waals surface area contributed by atoms with Gasteiger partial charge in [-0.3, -0.25) is 0 Å². The van der Waals surface area contributed by atoms with Crippen molar-refractivity contribution in [2.75, 3.05) is 0 Å². The minimum absolute atomic E-state index is 0.166. The second-order valence-electron chi connectivity index (χ2n) is 1.87. The molecule has 0 aromatic rings. The number of aliphatic hydroxyl groups is 1. The highest BCUT2D eigenvalue weighted by Gasteiger charge is 2.11. The summed E-state index contributed by atoms with van der Waals surface area (Å²) in [4.78, 5) is 0. The topological polar surface area (TPSA) is 20.2 Å². The average molecular weight is 132 g/mol. The van der Waals surface area contributed by atoms with E-state index in [1.807, 2.05) is 0 Å². The highest BCUT2D eigenvalue weighted by Crippen LogP contribution is 2.20. The molecule has 1 unspecified atom stereocenters. The fraction of sp³-hybridized carbons (Fsp3) is 0.333. The van der Waals surface area contributed by atoms with Crippen LogP contribution in [0, 0.1) is 0 Å². The lowest BCUT2D eigenvalue weighted by molar-refractivity contribution is 0.219. The van der Waals surface area contributed by atoms with Crippen LogP contribution in [0.25, 0.3) is 0 Å². The zero-order valence-electron chi connectivity index (χ0n) is 4.64. The second kappa shape index (κ2) is 2.27. The van der Waals surface area contributed by atoms with Crippen molar-refractivity contribution < 1.29 is 13.9 Å². The Balaban J connectivity index is 2.75. The third-order valence-corrected chi connectivity index (χ3v) is 1.11. The highest BCUT2D eigenvalue weighted by atomic mass is 19.2. The Hall–Kier alpha value is -0.700. The van der Waals surface area contributed by atoms with E-state index in [1.54, 1.807) is 0 Å². The first-order valence-electron chi connectivity index (χ1n) is 2.61. The number of halogens is 2. The van der Waals surface area contributed by atoms with E-state index >= 15 is 0 Å². The maximum atomic E-state index is 12.1. The number of rotatable bonds is 0. The van der Waals surface area contributed by atoms with Gasteiger partial charge in [0.05, 0.1) is 6.10 Å². The van der Waals surface area contributed by atoms with E-state index in [9.17, 15) is 8.78 Å². The SMILES string of the molecule is OC1C=C(F)C(F)=CC1. The van der Waals surface area contributed by atoms with Crippen molar-refractivity contribution in [3.63, 3.8) is 0 Å². The molecule has 3 heteroatoms. The Bertz CT molecular complexity index is 172. The molecule has 9 heavy (non-hydrogen) atoms. The van der Waals surface area contributed by atoms with Gasteiger partial charge in [0.15, 0.2) is 11.7 Å². The van der Waals surface area contributed by atoms with E-state index in [4.69, 9.17) is 5.11 Å². The molecule has 0 saturated heterocycles. The average Bonchev–Trinajstić information content (AvgIpc) is 1.80. The van der Waals surface area contributed by atoms with Crippen LogP contribution in [-0.4, -0.2) is 11.2 Å². The fourth-order valence-electron chi connectivity index (χ4n) is 0.638. The molecule has 1 rings (SSSR count). The highest BCUT2D eigenvalue weighted by molar-refractivity contribution is 5.24. The van der Waals surface area contributed by atoms with Crippen molar-refractivity contribution in [2.24, 2.45) is 0 Å². The van der Waals surface area contributed by atoms with E-state index in [1.165, 1.54) is 0 Å². The predicted molar refractivity (Wildman–Crippen MR) is 29.0 cm³/mol. The number of allylic oxidation sites excluding steroid dienone is 2. The van der Waals surface area contributed by atoms with Crippen LogP contribution in [0.1, 0.15) is 6.42 Å². The molecule has 1 N–H and O–H groups in total. The van der Waals surface area contributed by atoms with Gasteiger partial charge in [0.25, 0.3) is 0 Å². The van der Waals surface area contributed by atoms with Crippen LogP contribution < -0.4 is 0 Å². The van der Waals surface area contributed by atoms with Gasteiger partial charge in [0.1, 0.15) is 0 Å². The molecule has 0 fully saturated rings. The Kier molecular flexibility index (Phi) is 1.62. The smallest absolute Gasteiger partial charge is 0.157 e. The van der Waals surface area contributed by atoms with Gasteiger partial charge in [-0.25, -0.2) is 8.78 Å². The molecule has 0 heterocycles. The molecule has 1 aliphatic carbocycles. The lowest BCUT2D eigenvalue weighted by atomic mass is 10.1. The number of aliphatic hydroxyl groups excluding tert-OH is 1. The summed E-state index contributed by atoms with van der Waals surface area (Å²) in [5.41, 5.74) is 0. The van der Waals surface area contributed by atoms with Gasteiger partial charge >= 0.3 is 0 Å². The quantitative estimate of drug-likeness (QED) is 0.529.